The number of fused-ring (bicyclic) bond motifs is 1. The van der Waals surface area contributed by atoms with Gasteiger partial charge in [-0.05, 0) is 40.4 Å². The molecule has 4 heterocycles. The first-order chi connectivity index (χ1) is 29.9. The first-order valence-corrected chi connectivity index (χ1v) is 25.0. The van der Waals surface area contributed by atoms with Gasteiger partial charge in [-0.15, -0.1) is 0 Å². The summed E-state index contributed by atoms with van der Waals surface area (Å²) < 4.78 is 60.3. The quantitative estimate of drug-likeness (QED) is 0.0490. The maximum atomic E-state index is 7.24. The van der Waals surface area contributed by atoms with E-state index < -0.39 is 20.7 Å². The van der Waals surface area contributed by atoms with E-state index in [4.69, 9.17) is 42.3 Å². The zero-order valence-electron chi connectivity index (χ0n) is 36.1. The molecule has 4 aromatic rings. The van der Waals surface area contributed by atoms with Gasteiger partial charge in [-0.1, -0.05) is 149 Å². The number of benzene rings is 4. The molecule has 4 fully saturated rings. The van der Waals surface area contributed by atoms with Gasteiger partial charge in [0.05, 0.1) is 69.7 Å². The molecule has 9 nitrogen and oxygen atoms in total. The van der Waals surface area contributed by atoms with Crippen molar-refractivity contribution in [3.8, 4) is 0 Å². The maximum Gasteiger partial charge on any atom is 0.192 e. The predicted molar refractivity (Wildman–Crippen MR) is 237 cm³/mol. The molecule has 326 valence electrons. The molecule has 10 heteroatoms. The lowest BCUT2D eigenvalue weighted by molar-refractivity contribution is -0.301. The molecule has 4 saturated heterocycles. The van der Waals surface area contributed by atoms with Gasteiger partial charge in [-0.3, -0.25) is 0 Å². The van der Waals surface area contributed by atoms with Crippen LogP contribution in [0.5, 0.6) is 0 Å². The summed E-state index contributed by atoms with van der Waals surface area (Å²) in [7, 11) is -1.98. The van der Waals surface area contributed by atoms with Gasteiger partial charge in [0.25, 0.3) is 0 Å². The molecule has 11 atom stereocenters. The van der Waals surface area contributed by atoms with Crippen LogP contribution >= 0.6 is 0 Å². The molecule has 4 aromatic carbocycles. The van der Waals surface area contributed by atoms with E-state index in [2.05, 4.69) is 75.9 Å². The number of rotatable bonds is 20. The summed E-state index contributed by atoms with van der Waals surface area (Å²) in [5.41, 5.74) is 5.22. The molecule has 0 saturated carbocycles. The van der Waals surface area contributed by atoms with Crippen LogP contribution in [0, 0.1) is 0 Å². The minimum Gasteiger partial charge on any atom is -0.411 e. The third-order valence-electron chi connectivity index (χ3n) is 13.1. The SMILES string of the molecule is C=C([C@@H]1C[C@@H](OCc2ccccc2)[C@H](OCc2ccccc2)[C@@H](COCc2ccccc2)O1)[C@@H]1O[C@@H]1C[C@@H]1O[C@@H]2CO[C@@H](c3ccccc3)O[C@H]2C[C@H]1O[Si](CC)(CC)CC. The smallest absolute Gasteiger partial charge is 0.192 e. The summed E-state index contributed by atoms with van der Waals surface area (Å²) in [5, 5.41) is 0. The third kappa shape index (κ3) is 11.4. The molecule has 0 spiro atoms. The average molecular weight is 849 g/mol. The van der Waals surface area contributed by atoms with E-state index in [0.717, 1.165) is 52.4 Å². The molecule has 61 heavy (non-hydrogen) atoms. The van der Waals surface area contributed by atoms with Crippen molar-refractivity contribution in [1.82, 2.24) is 0 Å². The Labute approximate surface area is 363 Å². The highest BCUT2D eigenvalue weighted by atomic mass is 28.4. The molecule has 0 aliphatic carbocycles. The summed E-state index contributed by atoms with van der Waals surface area (Å²) in [6.45, 7) is 13.6. The van der Waals surface area contributed by atoms with Crippen molar-refractivity contribution in [3.05, 3.63) is 156 Å². The Hall–Kier alpha value is -3.52. The summed E-state index contributed by atoms with van der Waals surface area (Å²) in [6.07, 6.45) is -0.581. The summed E-state index contributed by atoms with van der Waals surface area (Å²) in [5.74, 6) is 0. The van der Waals surface area contributed by atoms with Crippen molar-refractivity contribution in [2.75, 3.05) is 13.2 Å². The van der Waals surface area contributed by atoms with Crippen molar-refractivity contribution >= 4 is 8.32 Å². The molecule has 0 radical (unpaired) electrons. The fraction of sp³-hybridized carbons (Fsp3) is 0.490. The molecule has 0 aromatic heterocycles. The lowest BCUT2D eigenvalue weighted by Gasteiger charge is -2.47. The van der Waals surface area contributed by atoms with Crippen molar-refractivity contribution in [2.45, 2.75) is 145 Å². The van der Waals surface area contributed by atoms with Crippen LogP contribution < -0.4 is 0 Å². The van der Waals surface area contributed by atoms with Crippen LogP contribution in [0.3, 0.4) is 0 Å². The molecule has 4 aliphatic heterocycles. The maximum absolute atomic E-state index is 7.24. The minimum atomic E-state index is -1.98. The van der Waals surface area contributed by atoms with Crippen LogP contribution in [-0.2, 0) is 62.1 Å². The lowest BCUT2D eigenvalue weighted by atomic mass is 9.90. The molecule has 0 amide bonds. The summed E-state index contributed by atoms with van der Waals surface area (Å²) in [4.78, 5) is 0. The first kappa shape index (κ1) is 44.1. The number of hydrogen-bond acceptors (Lipinski definition) is 9. The van der Waals surface area contributed by atoms with Gasteiger partial charge in [0.15, 0.2) is 14.6 Å². The highest BCUT2D eigenvalue weighted by Crippen LogP contribution is 2.43. The fourth-order valence-corrected chi connectivity index (χ4v) is 12.1. The first-order valence-electron chi connectivity index (χ1n) is 22.5. The Bertz CT molecular complexity index is 1910. The van der Waals surface area contributed by atoms with E-state index in [0.29, 0.717) is 45.9 Å². The molecule has 4 aliphatic rings. The Morgan fingerprint density at radius 1 is 0.607 bits per heavy atom. The van der Waals surface area contributed by atoms with Gasteiger partial charge in [0.1, 0.15) is 24.4 Å². The lowest BCUT2D eigenvalue weighted by Crippen LogP contribution is -2.56. The number of hydrogen-bond donors (Lipinski definition) is 0. The van der Waals surface area contributed by atoms with Gasteiger partial charge < -0.3 is 42.3 Å². The van der Waals surface area contributed by atoms with Gasteiger partial charge in [-0.25, -0.2) is 0 Å². The normalized spacial score (nSPS) is 30.0. The van der Waals surface area contributed by atoms with Crippen molar-refractivity contribution < 1.29 is 42.3 Å². The standard InChI is InChI=1S/C51H64O9Si/c1-5-61(6-2,7-3)60-44-29-43-47(35-55-51(59-43)40-26-18-11-19-27-40)57-42(44)30-46-49(58-46)36(4)41-28-45(53-32-38-22-14-9-15-23-38)50(54-33-39-24-16-10-17-25-39)48(56-41)34-52-31-37-20-12-8-13-21-37/h8-27,41-51H,4-7,28-35H2,1-3H3/t41-,42-,43-,44+,45+,46+,47+,48+,49-,50-,51+/m0/s1. The van der Waals surface area contributed by atoms with Gasteiger partial charge >= 0.3 is 0 Å². The van der Waals surface area contributed by atoms with Gasteiger partial charge in [-0.2, -0.15) is 0 Å². The number of ether oxygens (including phenoxy) is 8. The summed E-state index contributed by atoms with van der Waals surface area (Å²) in [6, 6.07) is 44.1. The van der Waals surface area contributed by atoms with E-state index in [9.17, 15) is 0 Å². The monoisotopic (exact) mass is 848 g/mol. The van der Waals surface area contributed by atoms with E-state index in [1.54, 1.807) is 0 Å². The predicted octanol–water partition coefficient (Wildman–Crippen LogP) is 9.91. The second-order valence-corrected chi connectivity index (χ2v) is 21.7. The second-order valence-electron chi connectivity index (χ2n) is 17.0. The molecular weight excluding hydrogens is 785 g/mol. The molecule has 0 bridgehead atoms. The largest absolute Gasteiger partial charge is 0.411 e. The molecule has 8 rings (SSSR count). The zero-order valence-corrected chi connectivity index (χ0v) is 37.1. The van der Waals surface area contributed by atoms with E-state index in [1.807, 2.05) is 72.8 Å². The highest BCUT2D eigenvalue weighted by molar-refractivity contribution is 6.73. The van der Waals surface area contributed by atoms with E-state index >= 15 is 0 Å². The Morgan fingerprint density at radius 3 is 1.82 bits per heavy atom. The van der Waals surface area contributed by atoms with Crippen LogP contribution in [0.15, 0.2) is 133 Å². The van der Waals surface area contributed by atoms with Crippen molar-refractivity contribution in [3.63, 3.8) is 0 Å². The minimum absolute atomic E-state index is 0.0734. The van der Waals surface area contributed by atoms with E-state index in [-0.39, 0.29) is 54.9 Å². The van der Waals surface area contributed by atoms with Gasteiger partial charge in [0, 0.05) is 24.8 Å². The topological polar surface area (TPSA) is 86.4 Å². The van der Waals surface area contributed by atoms with Crippen molar-refractivity contribution in [2.24, 2.45) is 0 Å². The van der Waals surface area contributed by atoms with Gasteiger partial charge in [0.2, 0.25) is 0 Å². The van der Waals surface area contributed by atoms with Crippen LogP contribution in [0.2, 0.25) is 18.1 Å². The Balaban J connectivity index is 0.970. The Kier molecular flexibility index (Phi) is 15.4. The fourth-order valence-electron chi connectivity index (χ4n) is 9.19. The highest BCUT2D eigenvalue weighted by Gasteiger charge is 2.52. The number of epoxide rings is 1. The third-order valence-corrected chi connectivity index (χ3v) is 17.8. The van der Waals surface area contributed by atoms with Crippen LogP contribution in [0.25, 0.3) is 0 Å². The van der Waals surface area contributed by atoms with E-state index in [1.165, 1.54) is 0 Å². The van der Waals surface area contributed by atoms with Crippen LogP contribution in [0.1, 0.15) is 68.6 Å². The average Bonchev–Trinajstić information content (AvgIpc) is 4.09. The van der Waals surface area contributed by atoms with Crippen LogP contribution in [0.4, 0.5) is 0 Å². The van der Waals surface area contributed by atoms with Crippen molar-refractivity contribution in [1.29, 1.82) is 0 Å². The Morgan fingerprint density at radius 2 is 1.20 bits per heavy atom. The van der Waals surface area contributed by atoms with Crippen LogP contribution in [-0.4, -0.2) is 82.6 Å². The zero-order chi connectivity index (χ0) is 42.0. The molecule has 0 N–H and O–H groups in total. The molecule has 0 unspecified atom stereocenters. The second kappa shape index (κ2) is 21.2. The molecular formula is C51H64O9Si. The summed E-state index contributed by atoms with van der Waals surface area (Å²) >= 11 is 0.